The Balaban J connectivity index is 2.13. The molecule has 1 aromatic heterocycles. The van der Waals surface area contributed by atoms with Crippen LogP contribution in [0.4, 0.5) is 0 Å². The largest absolute Gasteiger partial charge is 0.507 e. The van der Waals surface area contributed by atoms with Crippen LogP contribution in [0, 0.1) is 6.92 Å². The highest BCUT2D eigenvalue weighted by Gasteiger charge is 2.29. The second-order valence-corrected chi connectivity index (χ2v) is 9.27. The highest BCUT2D eigenvalue weighted by atomic mass is 16.5. The van der Waals surface area contributed by atoms with Crippen molar-refractivity contribution in [3.63, 3.8) is 0 Å². The van der Waals surface area contributed by atoms with Crippen LogP contribution in [0.1, 0.15) is 65.9 Å². The second kappa shape index (κ2) is 12.3. The number of benzene rings is 2. The molecule has 0 saturated heterocycles. The van der Waals surface area contributed by atoms with Gasteiger partial charge in [0.15, 0.2) is 0 Å². The van der Waals surface area contributed by atoms with Crippen LogP contribution >= 0.6 is 0 Å². The number of allylic oxidation sites excluding steroid dienone is 1. The predicted molar refractivity (Wildman–Crippen MR) is 143 cm³/mol. The Bertz CT molecular complexity index is 1280. The van der Waals surface area contributed by atoms with Gasteiger partial charge in [0, 0.05) is 18.3 Å². The van der Waals surface area contributed by atoms with Gasteiger partial charge in [0.1, 0.15) is 17.5 Å². The van der Waals surface area contributed by atoms with Crippen molar-refractivity contribution in [2.45, 2.75) is 58.9 Å². The lowest BCUT2D eigenvalue weighted by atomic mass is 9.88. The van der Waals surface area contributed by atoms with Gasteiger partial charge in [0.25, 0.3) is 5.91 Å². The van der Waals surface area contributed by atoms with Crippen molar-refractivity contribution in [3.05, 3.63) is 71.3 Å². The standard InChI is InChI=1S/C29H35N3O5/c1-6-7-8-9-19-13-24(33)26(22-12-18(4)10-11-21(22)17(2)3)27(34)25(19)28(35)32-23(29(36)37-5)14-20-15-30-16-31-20/h10-13,15-16,23,33-34H,2,6-9,14H2,1,3-5H3,(H,30,31)(H,32,35)/t23-/m0/s1. The van der Waals surface area contributed by atoms with E-state index in [1.807, 2.05) is 32.0 Å². The fraction of sp³-hybridized carbons (Fsp3) is 0.345. The maximum atomic E-state index is 13.7. The lowest BCUT2D eigenvalue weighted by molar-refractivity contribution is -0.142. The molecule has 4 N–H and O–H groups in total. The minimum Gasteiger partial charge on any atom is -0.507 e. The highest BCUT2D eigenvalue weighted by molar-refractivity contribution is 6.04. The SMILES string of the molecule is C=C(C)c1ccc(C)cc1-c1c(O)cc(CCCCC)c(C(=O)N[C@@H](Cc2cnc[nH]2)C(=O)OC)c1O. The van der Waals surface area contributed by atoms with Gasteiger partial charge in [0.05, 0.1) is 24.6 Å². The van der Waals surface area contributed by atoms with Crippen molar-refractivity contribution in [1.29, 1.82) is 0 Å². The molecule has 1 heterocycles. The number of nitrogens with one attached hydrogen (secondary N) is 2. The lowest BCUT2D eigenvalue weighted by Crippen LogP contribution is -2.43. The Morgan fingerprint density at radius 1 is 1.22 bits per heavy atom. The van der Waals surface area contributed by atoms with Gasteiger partial charge in [-0.1, -0.05) is 55.7 Å². The number of hydrogen-bond acceptors (Lipinski definition) is 6. The average Bonchev–Trinajstić information content (AvgIpc) is 3.36. The number of rotatable bonds is 11. The van der Waals surface area contributed by atoms with Crippen LogP contribution in [0.3, 0.4) is 0 Å². The Morgan fingerprint density at radius 2 is 1.97 bits per heavy atom. The fourth-order valence-electron chi connectivity index (χ4n) is 4.41. The summed E-state index contributed by atoms with van der Waals surface area (Å²) in [5, 5.41) is 25.3. The third-order valence-corrected chi connectivity index (χ3v) is 6.31. The summed E-state index contributed by atoms with van der Waals surface area (Å²) in [6, 6.07) is 6.16. The molecule has 37 heavy (non-hydrogen) atoms. The Labute approximate surface area is 217 Å². The van der Waals surface area contributed by atoms with Gasteiger partial charge in [-0.25, -0.2) is 9.78 Å². The van der Waals surface area contributed by atoms with E-state index in [2.05, 4.69) is 28.8 Å². The molecule has 0 aliphatic heterocycles. The number of carbonyl (C=O) groups excluding carboxylic acids is 2. The van der Waals surface area contributed by atoms with Gasteiger partial charge in [-0.3, -0.25) is 4.79 Å². The van der Waals surface area contributed by atoms with Gasteiger partial charge in [-0.05, 0) is 49.4 Å². The maximum absolute atomic E-state index is 13.7. The van der Waals surface area contributed by atoms with E-state index >= 15 is 0 Å². The number of H-pyrrole nitrogens is 1. The first-order valence-electron chi connectivity index (χ1n) is 12.4. The molecule has 3 rings (SSSR count). The monoisotopic (exact) mass is 505 g/mol. The van der Waals surface area contributed by atoms with E-state index in [9.17, 15) is 19.8 Å². The molecule has 0 aliphatic rings. The number of esters is 1. The number of unbranched alkanes of at least 4 members (excludes halogenated alkanes) is 2. The van der Waals surface area contributed by atoms with Crippen molar-refractivity contribution < 1.29 is 24.5 Å². The first-order valence-corrected chi connectivity index (χ1v) is 12.4. The van der Waals surface area contributed by atoms with Crippen LogP contribution in [-0.4, -0.2) is 45.2 Å². The van der Waals surface area contributed by atoms with E-state index in [4.69, 9.17) is 4.74 Å². The van der Waals surface area contributed by atoms with Gasteiger partial charge < -0.3 is 25.3 Å². The summed E-state index contributed by atoms with van der Waals surface area (Å²) in [4.78, 5) is 33.0. The van der Waals surface area contributed by atoms with Gasteiger partial charge in [-0.15, -0.1) is 0 Å². The molecule has 0 spiro atoms. The molecular formula is C29H35N3O5. The molecule has 3 aromatic rings. The molecule has 196 valence electrons. The van der Waals surface area contributed by atoms with Crippen molar-refractivity contribution in [1.82, 2.24) is 15.3 Å². The van der Waals surface area contributed by atoms with Crippen LogP contribution < -0.4 is 5.32 Å². The molecular weight excluding hydrogens is 470 g/mol. The summed E-state index contributed by atoms with van der Waals surface area (Å²) in [6.07, 6.45) is 6.31. The Hall–Kier alpha value is -4.07. The number of ether oxygens (including phenoxy) is 1. The molecule has 8 nitrogen and oxygen atoms in total. The minimum atomic E-state index is -1.01. The summed E-state index contributed by atoms with van der Waals surface area (Å²) in [7, 11) is 1.25. The number of aromatic amines is 1. The molecule has 0 bridgehead atoms. The van der Waals surface area contributed by atoms with E-state index in [0.29, 0.717) is 23.2 Å². The Kier molecular flexibility index (Phi) is 9.11. The smallest absolute Gasteiger partial charge is 0.328 e. The molecule has 1 atom stereocenters. The first-order chi connectivity index (χ1) is 17.7. The van der Waals surface area contributed by atoms with Gasteiger partial charge >= 0.3 is 5.97 Å². The molecule has 2 aromatic carbocycles. The summed E-state index contributed by atoms with van der Waals surface area (Å²) >= 11 is 0. The summed E-state index contributed by atoms with van der Waals surface area (Å²) < 4.78 is 4.91. The fourth-order valence-corrected chi connectivity index (χ4v) is 4.41. The van der Waals surface area contributed by atoms with Crippen LogP contribution in [0.5, 0.6) is 11.5 Å². The number of nitrogens with zero attached hydrogens (tertiary/aromatic N) is 1. The van der Waals surface area contributed by atoms with Crippen molar-refractivity contribution in [2.75, 3.05) is 7.11 Å². The molecule has 0 saturated carbocycles. The quantitative estimate of drug-likeness (QED) is 0.213. The molecule has 0 unspecified atom stereocenters. The minimum absolute atomic E-state index is 0.0246. The van der Waals surface area contributed by atoms with Crippen LogP contribution in [0.15, 0.2) is 43.4 Å². The lowest BCUT2D eigenvalue weighted by Gasteiger charge is -2.21. The number of phenols is 2. The molecule has 0 aliphatic carbocycles. The van der Waals surface area contributed by atoms with E-state index in [1.165, 1.54) is 19.5 Å². The van der Waals surface area contributed by atoms with Crippen LogP contribution in [0.25, 0.3) is 16.7 Å². The van der Waals surface area contributed by atoms with E-state index in [1.54, 1.807) is 6.20 Å². The number of aryl methyl sites for hydroxylation is 2. The number of hydrogen-bond donors (Lipinski definition) is 4. The van der Waals surface area contributed by atoms with Crippen LogP contribution in [0.2, 0.25) is 0 Å². The number of carbonyl (C=O) groups is 2. The number of amides is 1. The summed E-state index contributed by atoms with van der Waals surface area (Å²) in [6.45, 7) is 9.84. The van der Waals surface area contributed by atoms with Crippen molar-refractivity contribution in [3.8, 4) is 22.6 Å². The van der Waals surface area contributed by atoms with E-state index in [-0.39, 0.29) is 29.0 Å². The normalized spacial score (nSPS) is 11.7. The van der Waals surface area contributed by atoms with E-state index < -0.39 is 17.9 Å². The Morgan fingerprint density at radius 3 is 2.59 bits per heavy atom. The molecule has 8 heteroatoms. The second-order valence-electron chi connectivity index (χ2n) is 9.27. The van der Waals surface area contributed by atoms with Crippen molar-refractivity contribution >= 4 is 17.4 Å². The highest BCUT2D eigenvalue weighted by Crippen LogP contribution is 2.44. The first kappa shape index (κ1) is 27.5. The zero-order valence-corrected chi connectivity index (χ0v) is 21.9. The number of phenolic OH excluding ortho intramolecular Hbond substituents is 2. The van der Waals surface area contributed by atoms with Crippen molar-refractivity contribution in [2.24, 2.45) is 0 Å². The summed E-state index contributed by atoms with van der Waals surface area (Å²) in [5.41, 5.74) is 4.29. The number of aromatic hydroxyl groups is 2. The number of methoxy groups -OCH3 is 1. The molecule has 1 amide bonds. The number of aromatic nitrogens is 2. The number of imidazole rings is 1. The third-order valence-electron chi connectivity index (χ3n) is 6.31. The third kappa shape index (κ3) is 6.39. The predicted octanol–water partition coefficient (Wildman–Crippen LogP) is 5.08. The zero-order chi connectivity index (χ0) is 27.1. The van der Waals surface area contributed by atoms with Gasteiger partial charge in [0.2, 0.25) is 0 Å². The average molecular weight is 506 g/mol. The topological polar surface area (TPSA) is 125 Å². The van der Waals surface area contributed by atoms with Crippen LogP contribution in [-0.2, 0) is 22.4 Å². The molecule has 0 radical (unpaired) electrons. The van der Waals surface area contributed by atoms with E-state index in [0.717, 1.165) is 36.0 Å². The zero-order valence-electron chi connectivity index (χ0n) is 21.9. The summed E-state index contributed by atoms with van der Waals surface area (Å²) in [5.74, 6) is -1.74. The molecule has 0 fully saturated rings. The van der Waals surface area contributed by atoms with Gasteiger partial charge in [-0.2, -0.15) is 0 Å². The maximum Gasteiger partial charge on any atom is 0.328 e.